The second-order valence-corrected chi connectivity index (χ2v) is 9.66. The Labute approximate surface area is 208 Å². The van der Waals surface area contributed by atoms with E-state index >= 15 is 0 Å². The predicted molar refractivity (Wildman–Crippen MR) is 138 cm³/mol. The van der Waals surface area contributed by atoms with Gasteiger partial charge in [-0.3, -0.25) is 9.80 Å². The standard InChI is InChI=1S/C25H28N6OS2/c1-28-23(19-6-4-3-5-7-19)27-31(25(28)33)18-30-14-12-29(13-15-30)16-21-17-34-24(26-21)20-8-10-22(32-2)11-9-20/h3-11,17H,12-16,18H2,1-2H3. The number of benzene rings is 2. The van der Waals surface area contributed by atoms with Crippen LogP contribution in [0.1, 0.15) is 5.69 Å². The molecule has 9 heteroatoms. The van der Waals surface area contributed by atoms with E-state index in [1.807, 2.05) is 46.6 Å². The van der Waals surface area contributed by atoms with Crippen LogP contribution in [-0.2, 0) is 20.3 Å². The second-order valence-electron chi connectivity index (χ2n) is 8.44. The third-order valence-electron chi connectivity index (χ3n) is 6.15. The lowest BCUT2D eigenvalue weighted by Gasteiger charge is -2.34. The molecule has 1 saturated heterocycles. The van der Waals surface area contributed by atoms with E-state index in [-0.39, 0.29) is 0 Å². The summed E-state index contributed by atoms with van der Waals surface area (Å²) in [5.74, 6) is 1.77. The SMILES string of the molecule is COc1ccc(-c2nc(CN3CCN(Cn4nc(-c5ccccc5)n(C)c4=S)CC3)cs2)cc1. The van der Waals surface area contributed by atoms with Crippen LogP contribution >= 0.6 is 23.6 Å². The van der Waals surface area contributed by atoms with Gasteiger partial charge < -0.3 is 9.30 Å². The molecule has 176 valence electrons. The molecule has 0 N–H and O–H groups in total. The third kappa shape index (κ3) is 4.97. The number of rotatable bonds is 7. The quantitative estimate of drug-likeness (QED) is 0.354. The number of nitrogens with zero attached hydrogens (tertiary/aromatic N) is 6. The molecule has 7 nitrogen and oxygen atoms in total. The summed E-state index contributed by atoms with van der Waals surface area (Å²) >= 11 is 7.36. The summed E-state index contributed by atoms with van der Waals surface area (Å²) in [7, 11) is 3.67. The molecule has 0 atom stereocenters. The van der Waals surface area contributed by atoms with Gasteiger partial charge in [0, 0.05) is 56.3 Å². The zero-order chi connectivity index (χ0) is 23.5. The summed E-state index contributed by atoms with van der Waals surface area (Å²) in [6.07, 6.45) is 0. The van der Waals surface area contributed by atoms with Gasteiger partial charge in [0.2, 0.25) is 0 Å². The molecule has 0 saturated carbocycles. The second kappa shape index (κ2) is 10.2. The van der Waals surface area contributed by atoms with Crippen molar-refractivity contribution in [3.8, 4) is 27.7 Å². The predicted octanol–water partition coefficient (Wildman–Crippen LogP) is 4.53. The van der Waals surface area contributed by atoms with E-state index in [0.717, 1.165) is 70.9 Å². The first-order chi connectivity index (χ1) is 16.6. The molecule has 1 fully saturated rings. The Balaban J connectivity index is 1.17. The summed E-state index contributed by atoms with van der Waals surface area (Å²) in [4.78, 5) is 9.74. The zero-order valence-electron chi connectivity index (χ0n) is 19.4. The van der Waals surface area contributed by atoms with Gasteiger partial charge in [-0.15, -0.1) is 11.3 Å². The van der Waals surface area contributed by atoms with Crippen LogP contribution in [0, 0.1) is 4.77 Å². The lowest BCUT2D eigenvalue weighted by molar-refractivity contribution is 0.0974. The average molecular weight is 493 g/mol. The topological polar surface area (TPSA) is 51.4 Å². The van der Waals surface area contributed by atoms with Gasteiger partial charge in [0.15, 0.2) is 10.6 Å². The summed E-state index contributed by atoms with van der Waals surface area (Å²) in [6.45, 7) is 5.55. The van der Waals surface area contributed by atoms with Crippen LogP contribution in [0.4, 0.5) is 0 Å². The number of thiazole rings is 1. The molecule has 34 heavy (non-hydrogen) atoms. The van der Waals surface area contributed by atoms with Crippen molar-refractivity contribution in [2.75, 3.05) is 33.3 Å². The van der Waals surface area contributed by atoms with Crippen LogP contribution in [0.2, 0.25) is 0 Å². The van der Waals surface area contributed by atoms with Crippen molar-refractivity contribution < 1.29 is 4.74 Å². The molecule has 2 aromatic carbocycles. The summed E-state index contributed by atoms with van der Waals surface area (Å²) in [5.41, 5.74) is 3.34. The Morgan fingerprint density at radius 1 is 0.941 bits per heavy atom. The number of ether oxygens (including phenoxy) is 1. The van der Waals surface area contributed by atoms with E-state index in [0.29, 0.717) is 6.67 Å². The first-order valence-electron chi connectivity index (χ1n) is 11.3. The Hall–Kier alpha value is -2.85. The molecule has 0 unspecified atom stereocenters. The number of piperazine rings is 1. The molecule has 2 aromatic heterocycles. The molecule has 3 heterocycles. The average Bonchev–Trinajstić information content (AvgIpc) is 3.46. The minimum Gasteiger partial charge on any atom is -0.497 e. The fraction of sp³-hybridized carbons (Fsp3) is 0.320. The van der Waals surface area contributed by atoms with Gasteiger partial charge in [-0.2, -0.15) is 5.10 Å². The van der Waals surface area contributed by atoms with Crippen LogP contribution in [0.5, 0.6) is 5.75 Å². The molecule has 5 rings (SSSR count). The van der Waals surface area contributed by atoms with Gasteiger partial charge in [0.25, 0.3) is 0 Å². The highest BCUT2D eigenvalue weighted by Gasteiger charge is 2.20. The van der Waals surface area contributed by atoms with E-state index in [4.69, 9.17) is 27.0 Å². The molecule has 0 bridgehead atoms. The number of hydrogen-bond donors (Lipinski definition) is 0. The maximum absolute atomic E-state index is 5.66. The lowest BCUT2D eigenvalue weighted by Crippen LogP contribution is -2.46. The van der Waals surface area contributed by atoms with Crippen molar-refractivity contribution >= 4 is 23.6 Å². The van der Waals surface area contributed by atoms with Gasteiger partial charge in [-0.1, -0.05) is 30.3 Å². The zero-order valence-corrected chi connectivity index (χ0v) is 21.1. The van der Waals surface area contributed by atoms with E-state index in [9.17, 15) is 0 Å². The summed E-state index contributed by atoms with van der Waals surface area (Å²) in [6, 6.07) is 18.3. The van der Waals surface area contributed by atoms with Crippen molar-refractivity contribution in [2.24, 2.45) is 7.05 Å². The first-order valence-corrected chi connectivity index (χ1v) is 12.6. The van der Waals surface area contributed by atoms with Crippen LogP contribution in [0.3, 0.4) is 0 Å². The van der Waals surface area contributed by atoms with Crippen LogP contribution in [-0.4, -0.2) is 62.4 Å². The van der Waals surface area contributed by atoms with Crippen molar-refractivity contribution in [1.29, 1.82) is 0 Å². The Morgan fingerprint density at radius 3 is 2.35 bits per heavy atom. The molecular weight excluding hydrogens is 464 g/mol. The molecule has 0 aliphatic carbocycles. The van der Waals surface area contributed by atoms with E-state index < -0.39 is 0 Å². The number of aromatic nitrogens is 4. The fourth-order valence-corrected chi connectivity index (χ4v) is 5.17. The molecule has 1 aliphatic rings. The van der Waals surface area contributed by atoms with E-state index in [1.54, 1.807) is 18.4 Å². The molecular formula is C25H28N6OS2. The minimum atomic E-state index is 0.714. The number of methoxy groups -OCH3 is 1. The largest absolute Gasteiger partial charge is 0.497 e. The Kier molecular flexibility index (Phi) is 6.87. The minimum absolute atomic E-state index is 0.714. The Bertz CT molecular complexity index is 1290. The first kappa shape index (κ1) is 22.9. The highest BCUT2D eigenvalue weighted by molar-refractivity contribution is 7.71. The third-order valence-corrected chi connectivity index (χ3v) is 7.57. The summed E-state index contributed by atoms with van der Waals surface area (Å²) in [5, 5.41) is 8.03. The van der Waals surface area contributed by atoms with E-state index in [2.05, 4.69) is 39.4 Å². The fourth-order valence-electron chi connectivity index (χ4n) is 4.17. The van der Waals surface area contributed by atoms with Gasteiger partial charge >= 0.3 is 0 Å². The van der Waals surface area contributed by atoms with Gasteiger partial charge in [-0.25, -0.2) is 9.67 Å². The van der Waals surface area contributed by atoms with Crippen molar-refractivity contribution in [1.82, 2.24) is 29.1 Å². The van der Waals surface area contributed by atoms with Crippen molar-refractivity contribution in [2.45, 2.75) is 13.2 Å². The van der Waals surface area contributed by atoms with E-state index in [1.165, 1.54) is 0 Å². The monoisotopic (exact) mass is 492 g/mol. The maximum atomic E-state index is 5.66. The smallest absolute Gasteiger partial charge is 0.199 e. The number of hydrogen-bond acceptors (Lipinski definition) is 7. The molecule has 0 amide bonds. The van der Waals surface area contributed by atoms with Crippen molar-refractivity contribution in [3.63, 3.8) is 0 Å². The lowest BCUT2D eigenvalue weighted by atomic mass is 10.2. The highest BCUT2D eigenvalue weighted by atomic mass is 32.1. The van der Waals surface area contributed by atoms with Crippen molar-refractivity contribution in [3.05, 3.63) is 70.4 Å². The van der Waals surface area contributed by atoms with Gasteiger partial charge in [0.1, 0.15) is 10.8 Å². The molecule has 0 radical (unpaired) electrons. The molecule has 1 aliphatic heterocycles. The van der Waals surface area contributed by atoms with Crippen LogP contribution in [0.15, 0.2) is 60.0 Å². The normalized spacial score (nSPS) is 15.0. The molecule has 0 spiro atoms. The maximum Gasteiger partial charge on any atom is 0.199 e. The van der Waals surface area contributed by atoms with Gasteiger partial charge in [-0.05, 0) is 36.5 Å². The Morgan fingerprint density at radius 2 is 1.65 bits per heavy atom. The molecule has 4 aromatic rings. The van der Waals surface area contributed by atoms with Crippen LogP contribution < -0.4 is 4.74 Å². The highest BCUT2D eigenvalue weighted by Crippen LogP contribution is 2.26. The summed E-state index contributed by atoms with van der Waals surface area (Å²) < 4.78 is 9.92. The van der Waals surface area contributed by atoms with Gasteiger partial charge in [0.05, 0.1) is 19.5 Å². The van der Waals surface area contributed by atoms with Crippen LogP contribution in [0.25, 0.3) is 22.0 Å².